The van der Waals surface area contributed by atoms with Gasteiger partial charge in [-0.3, -0.25) is 9.69 Å². The summed E-state index contributed by atoms with van der Waals surface area (Å²) in [4.78, 5) is 20.1. The summed E-state index contributed by atoms with van der Waals surface area (Å²) in [5, 5.41) is 3.49. The molecule has 2 rings (SSSR count). The van der Waals surface area contributed by atoms with Crippen LogP contribution in [0.25, 0.3) is 10.4 Å². The normalized spacial score (nSPS) is 19.2. The first-order valence-corrected chi connectivity index (χ1v) is 5.24. The van der Waals surface area contributed by atoms with Crippen LogP contribution < -0.4 is 10.6 Å². The number of aromatic nitrogens is 1. The van der Waals surface area contributed by atoms with Crippen LogP contribution in [0.15, 0.2) is 23.3 Å². The van der Waals surface area contributed by atoms with Gasteiger partial charge in [-0.15, -0.1) is 0 Å². The zero-order valence-corrected chi connectivity index (χ0v) is 9.15. The van der Waals surface area contributed by atoms with Crippen LogP contribution in [0.5, 0.6) is 0 Å². The lowest BCUT2D eigenvalue weighted by atomic mass is 10.1. The number of hydrogen-bond acceptors (Lipinski definition) is 4. The van der Waals surface area contributed by atoms with E-state index in [0.717, 1.165) is 0 Å². The second-order valence-corrected chi connectivity index (χ2v) is 3.91. The van der Waals surface area contributed by atoms with Gasteiger partial charge in [-0.05, 0) is 23.6 Å². The number of amides is 1. The molecule has 88 valence electrons. The van der Waals surface area contributed by atoms with Gasteiger partial charge in [0, 0.05) is 24.4 Å². The lowest BCUT2D eigenvalue weighted by Crippen LogP contribution is -2.25. The molecule has 1 saturated heterocycles. The number of nitrogen functional groups attached to an aromatic ring is 1. The van der Waals surface area contributed by atoms with Crippen molar-refractivity contribution in [3.8, 4) is 0 Å². The first-order chi connectivity index (χ1) is 8.20. The highest BCUT2D eigenvalue weighted by atomic mass is 16.2. The van der Waals surface area contributed by atoms with Crippen molar-refractivity contribution in [2.24, 2.45) is 11.0 Å². The highest BCUT2D eigenvalue weighted by molar-refractivity contribution is 5.94. The Morgan fingerprint density at radius 1 is 1.65 bits per heavy atom. The second-order valence-electron chi connectivity index (χ2n) is 3.91. The third-order valence-corrected chi connectivity index (χ3v) is 2.64. The number of nitrogens with zero attached hydrogens (tertiary/aromatic N) is 5. The van der Waals surface area contributed by atoms with Crippen molar-refractivity contribution in [2.75, 3.05) is 23.7 Å². The van der Waals surface area contributed by atoms with Crippen LogP contribution in [0.3, 0.4) is 0 Å². The Hall–Kier alpha value is -2.27. The number of carbonyl (C=O) groups excluding carboxylic acids is 1. The van der Waals surface area contributed by atoms with Gasteiger partial charge in [0.25, 0.3) is 0 Å². The first kappa shape index (κ1) is 11.2. The van der Waals surface area contributed by atoms with Crippen LogP contribution >= 0.6 is 0 Å². The maximum atomic E-state index is 11.8. The Bertz CT molecular complexity index is 481. The van der Waals surface area contributed by atoms with E-state index < -0.39 is 0 Å². The summed E-state index contributed by atoms with van der Waals surface area (Å²) in [6, 6.07) is 5.16. The van der Waals surface area contributed by atoms with Gasteiger partial charge in [-0.25, -0.2) is 4.98 Å². The predicted octanol–water partition coefficient (Wildman–Crippen LogP) is 1.33. The van der Waals surface area contributed by atoms with E-state index in [4.69, 9.17) is 11.3 Å². The van der Waals surface area contributed by atoms with Gasteiger partial charge in [0.05, 0.1) is 0 Å². The first-order valence-electron chi connectivity index (χ1n) is 5.24. The van der Waals surface area contributed by atoms with Gasteiger partial charge in [-0.1, -0.05) is 11.2 Å². The average Bonchev–Trinajstić information content (AvgIpc) is 2.68. The largest absolute Gasteiger partial charge is 0.384 e. The molecule has 2 heterocycles. The van der Waals surface area contributed by atoms with Gasteiger partial charge < -0.3 is 5.73 Å². The Labute approximate surface area is 97.9 Å². The summed E-state index contributed by atoms with van der Waals surface area (Å²) in [5.74, 6) is 0.982. The Kier molecular flexibility index (Phi) is 3.11. The quantitative estimate of drug-likeness (QED) is 0.482. The molecule has 0 aliphatic carbocycles. The van der Waals surface area contributed by atoms with E-state index in [1.165, 1.54) is 0 Å². The summed E-state index contributed by atoms with van der Waals surface area (Å²) in [6.45, 7) is 0.857. The lowest BCUT2D eigenvalue weighted by molar-refractivity contribution is -0.117. The molecule has 1 unspecified atom stereocenters. The van der Waals surface area contributed by atoms with Crippen LogP contribution in [-0.2, 0) is 4.79 Å². The highest BCUT2D eigenvalue weighted by Gasteiger charge is 2.30. The monoisotopic (exact) mass is 232 g/mol. The molecule has 0 spiro atoms. The molecule has 1 aliphatic rings. The predicted molar refractivity (Wildman–Crippen MR) is 63.1 cm³/mol. The third-order valence-electron chi connectivity index (χ3n) is 2.64. The summed E-state index contributed by atoms with van der Waals surface area (Å²) in [5.41, 5.74) is 13.8. The van der Waals surface area contributed by atoms with Crippen LogP contribution in [0.4, 0.5) is 11.6 Å². The van der Waals surface area contributed by atoms with Crippen molar-refractivity contribution < 1.29 is 4.79 Å². The number of anilines is 2. The van der Waals surface area contributed by atoms with Gasteiger partial charge in [0.15, 0.2) is 0 Å². The smallest absolute Gasteiger partial charge is 0.228 e. The molecule has 0 bridgehead atoms. The SMILES string of the molecule is [N-]=[N+]=NCC1CC(=O)N(c2cccc(N)n2)C1. The number of hydrogen-bond donors (Lipinski definition) is 1. The minimum atomic E-state index is -0.0127. The molecule has 1 aromatic heterocycles. The van der Waals surface area contributed by atoms with Crippen LogP contribution in [0.2, 0.25) is 0 Å². The number of nitrogens with two attached hydrogens (primary N) is 1. The standard InChI is InChI=1S/C10H12N6O/c11-8-2-1-3-9(14-8)16-6-7(4-10(16)17)5-13-15-12/h1-3,7H,4-6H2,(H2,11,14). The van der Waals surface area contributed by atoms with Gasteiger partial charge in [-0.2, -0.15) is 0 Å². The molecule has 7 nitrogen and oxygen atoms in total. The fraction of sp³-hybridized carbons (Fsp3) is 0.400. The zero-order chi connectivity index (χ0) is 12.3. The summed E-state index contributed by atoms with van der Waals surface area (Å²) >= 11 is 0. The molecule has 1 fully saturated rings. The van der Waals surface area contributed by atoms with Crippen molar-refractivity contribution in [1.82, 2.24) is 4.98 Å². The van der Waals surface area contributed by atoms with E-state index in [2.05, 4.69) is 15.0 Å². The Morgan fingerprint density at radius 3 is 3.18 bits per heavy atom. The average molecular weight is 232 g/mol. The molecule has 1 atom stereocenters. The number of azide groups is 1. The zero-order valence-electron chi connectivity index (χ0n) is 9.15. The summed E-state index contributed by atoms with van der Waals surface area (Å²) < 4.78 is 0. The van der Waals surface area contributed by atoms with E-state index in [1.807, 2.05) is 0 Å². The van der Waals surface area contributed by atoms with E-state index >= 15 is 0 Å². The maximum absolute atomic E-state index is 11.8. The molecule has 1 amide bonds. The molecule has 7 heteroatoms. The molecular formula is C10H12N6O. The number of pyridine rings is 1. The van der Waals surface area contributed by atoms with E-state index in [-0.39, 0.29) is 11.8 Å². The molecule has 0 radical (unpaired) electrons. The Balaban J connectivity index is 2.12. The van der Waals surface area contributed by atoms with Crippen molar-refractivity contribution >= 4 is 17.5 Å². The molecule has 0 aromatic carbocycles. The maximum Gasteiger partial charge on any atom is 0.228 e. The molecule has 0 saturated carbocycles. The molecule has 17 heavy (non-hydrogen) atoms. The molecule has 1 aliphatic heterocycles. The van der Waals surface area contributed by atoms with Gasteiger partial charge in [0.2, 0.25) is 5.91 Å². The molecule has 2 N–H and O–H groups in total. The third kappa shape index (κ3) is 2.46. The van der Waals surface area contributed by atoms with Crippen LogP contribution in [-0.4, -0.2) is 24.0 Å². The van der Waals surface area contributed by atoms with Crippen molar-refractivity contribution in [3.63, 3.8) is 0 Å². The second kappa shape index (κ2) is 4.71. The molecule has 1 aromatic rings. The van der Waals surface area contributed by atoms with E-state index in [1.54, 1.807) is 23.1 Å². The van der Waals surface area contributed by atoms with E-state index in [0.29, 0.717) is 31.1 Å². The fourth-order valence-electron chi connectivity index (χ4n) is 1.87. The minimum absolute atomic E-state index is 0.0127. The fourth-order valence-corrected chi connectivity index (χ4v) is 1.87. The molecular weight excluding hydrogens is 220 g/mol. The minimum Gasteiger partial charge on any atom is -0.384 e. The van der Waals surface area contributed by atoms with Crippen LogP contribution in [0, 0.1) is 5.92 Å². The topological polar surface area (TPSA) is 108 Å². The van der Waals surface area contributed by atoms with Crippen molar-refractivity contribution in [1.29, 1.82) is 0 Å². The number of rotatable bonds is 3. The summed E-state index contributed by atoms with van der Waals surface area (Å²) in [7, 11) is 0. The lowest BCUT2D eigenvalue weighted by Gasteiger charge is -2.15. The summed E-state index contributed by atoms with van der Waals surface area (Å²) in [6.07, 6.45) is 0.384. The van der Waals surface area contributed by atoms with Crippen molar-refractivity contribution in [2.45, 2.75) is 6.42 Å². The van der Waals surface area contributed by atoms with E-state index in [9.17, 15) is 4.79 Å². The highest BCUT2D eigenvalue weighted by Crippen LogP contribution is 2.24. The van der Waals surface area contributed by atoms with Crippen LogP contribution in [0.1, 0.15) is 6.42 Å². The number of carbonyl (C=O) groups is 1. The van der Waals surface area contributed by atoms with Gasteiger partial charge in [0.1, 0.15) is 11.6 Å². The van der Waals surface area contributed by atoms with Crippen molar-refractivity contribution in [3.05, 3.63) is 28.6 Å². The Morgan fingerprint density at radius 2 is 2.47 bits per heavy atom. The van der Waals surface area contributed by atoms with Gasteiger partial charge >= 0.3 is 0 Å².